The first-order chi connectivity index (χ1) is 9.18. The standard InChI is InChI=1S/C16H25ClN2/c1-13(15-8-3-4-9-16(15)17)18-11-10-14-7-5-6-12-19(14)2/h3-4,8-9,13-14,18H,5-7,10-12H2,1-2H3/t13-,14?/m0/s1. The third-order valence-electron chi connectivity index (χ3n) is 4.22. The fourth-order valence-corrected chi connectivity index (χ4v) is 3.21. The number of hydrogen-bond acceptors (Lipinski definition) is 2. The summed E-state index contributed by atoms with van der Waals surface area (Å²) in [6, 6.07) is 9.17. The smallest absolute Gasteiger partial charge is 0.0453 e. The molecule has 0 aromatic heterocycles. The molecule has 106 valence electrons. The molecule has 1 aliphatic rings. The molecule has 1 aromatic rings. The van der Waals surface area contributed by atoms with Crippen LogP contribution in [0.4, 0.5) is 0 Å². The van der Waals surface area contributed by atoms with Crippen molar-refractivity contribution in [3.63, 3.8) is 0 Å². The maximum absolute atomic E-state index is 6.22. The average molecular weight is 281 g/mol. The summed E-state index contributed by atoms with van der Waals surface area (Å²) in [4.78, 5) is 2.51. The summed E-state index contributed by atoms with van der Waals surface area (Å²) in [6.45, 7) is 4.50. The quantitative estimate of drug-likeness (QED) is 0.881. The molecule has 1 aromatic carbocycles. The number of rotatable bonds is 5. The van der Waals surface area contributed by atoms with E-state index < -0.39 is 0 Å². The minimum atomic E-state index is 0.322. The molecule has 0 spiro atoms. The van der Waals surface area contributed by atoms with Crippen molar-refractivity contribution in [2.45, 2.75) is 44.7 Å². The minimum absolute atomic E-state index is 0.322. The van der Waals surface area contributed by atoms with Crippen LogP contribution in [0.25, 0.3) is 0 Å². The van der Waals surface area contributed by atoms with Crippen molar-refractivity contribution in [1.29, 1.82) is 0 Å². The van der Waals surface area contributed by atoms with Gasteiger partial charge in [0.1, 0.15) is 0 Å². The third-order valence-corrected chi connectivity index (χ3v) is 4.57. The Morgan fingerprint density at radius 3 is 2.89 bits per heavy atom. The third kappa shape index (κ3) is 4.20. The lowest BCUT2D eigenvalue weighted by Gasteiger charge is -2.32. The zero-order valence-electron chi connectivity index (χ0n) is 12.0. The van der Waals surface area contributed by atoms with Gasteiger partial charge in [0.25, 0.3) is 0 Å². The molecule has 2 rings (SSSR count). The van der Waals surface area contributed by atoms with Gasteiger partial charge < -0.3 is 10.2 Å². The summed E-state index contributed by atoms with van der Waals surface area (Å²) in [7, 11) is 2.25. The zero-order valence-corrected chi connectivity index (χ0v) is 12.8. The van der Waals surface area contributed by atoms with Crippen LogP contribution in [0.5, 0.6) is 0 Å². The molecule has 2 atom stereocenters. The van der Waals surface area contributed by atoms with Gasteiger partial charge in [-0.3, -0.25) is 0 Å². The Hall–Kier alpha value is -0.570. The molecule has 1 saturated heterocycles. The molecular formula is C16H25ClN2. The number of likely N-dealkylation sites (tertiary alicyclic amines) is 1. The minimum Gasteiger partial charge on any atom is -0.310 e. The van der Waals surface area contributed by atoms with E-state index in [1.54, 1.807) is 0 Å². The van der Waals surface area contributed by atoms with Crippen LogP contribution in [-0.2, 0) is 0 Å². The lowest BCUT2D eigenvalue weighted by atomic mass is 10.00. The molecule has 19 heavy (non-hydrogen) atoms. The molecule has 0 saturated carbocycles. The number of nitrogens with one attached hydrogen (secondary N) is 1. The van der Waals surface area contributed by atoms with Crippen LogP contribution < -0.4 is 5.32 Å². The fourth-order valence-electron chi connectivity index (χ4n) is 2.91. The van der Waals surface area contributed by atoms with Crippen LogP contribution >= 0.6 is 11.6 Å². The Morgan fingerprint density at radius 2 is 2.16 bits per heavy atom. The Kier molecular flexibility index (Phi) is 5.68. The van der Waals surface area contributed by atoms with Crippen LogP contribution in [0.15, 0.2) is 24.3 Å². The Morgan fingerprint density at radius 1 is 1.37 bits per heavy atom. The Bertz CT molecular complexity index is 394. The summed E-state index contributed by atoms with van der Waals surface area (Å²) in [5.41, 5.74) is 1.20. The summed E-state index contributed by atoms with van der Waals surface area (Å²) in [5, 5.41) is 4.46. The predicted octanol–water partition coefficient (Wildman–Crippen LogP) is 3.87. The molecule has 1 aliphatic heterocycles. The van der Waals surface area contributed by atoms with Gasteiger partial charge in [-0.25, -0.2) is 0 Å². The van der Waals surface area contributed by atoms with Crippen LogP contribution in [-0.4, -0.2) is 31.1 Å². The highest BCUT2D eigenvalue weighted by atomic mass is 35.5. The van der Waals surface area contributed by atoms with Crippen LogP contribution in [0.3, 0.4) is 0 Å². The molecule has 1 fully saturated rings. The molecule has 2 nitrogen and oxygen atoms in total. The van der Waals surface area contributed by atoms with Crippen molar-refractivity contribution in [3.05, 3.63) is 34.9 Å². The van der Waals surface area contributed by atoms with Gasteiger partial charge in [0.05, 0.1) is 0 Å². The van der Waals surface area contributed by atoms with Gasteiger partial charge in [-0.05, 0) is 58.0 Å². The fraction of sp³-hybridized carbons (Fsp3) is 0.625. The SMILES string of the molecule is C[C@H](NCCC1CCCCN1C)c1ccccc1Cl. The van der Waals surface area contributed by atoms with Crippen molar-refractivity contribution in [2.75, 3.05) is 20.1 Å². The zero-order chi connectivity index (χ0) is 13.7. The lowest BCUT2D eigenvalue weighted by molar-refractivity contribution is 0.174. The van der Waals surface area contributed by atoms with E-state index in [2.05, 4.69) is 30.3 Å². The highest BCUT2D eigenvalue weighted by Crippen LogP contribution is 2.22. The molecule has 1 N–H and O–H groups in total. The first kappa shape index (κ1) is 14.8. The molecule has 0 aliphatic carbocycles. The van der Waals surface area contributed by atoms with E-state index in [1.165, 1.54) is 37.8 Å². The largest absolute Gasteiger partial charge is 0.310 e. The normalized spacial score (nSPS) is 22.4. The second kappa shape index (κ2) is 7.28. The van der Waals surface area contributed by atoms with Gasteiger partial charge in [-0.2, -0.15) is 0 Å². The lowest BCUT2D eigenvalue weighted by Crippen LogP contribution is -2.38. The summed E-state index contributed by atoms with van der Waals surface area (Å²) in [6.07, 6.45) is 5.31. The number of benzene rings is 1. The van der Waals surface area contributed by atoms with Crippen molar-refractivity contribution in [1.82, 2.24) is 10.2 Å². The first-order valence-electron chi connectivity index (χ1n) is 7.36. The average Bonchev–Trinajstić information content (AvgIpc) is 2.41. The number of piperidine rings is 1. The van der Waals surface area contributed by atoms with Gasteiger partial charge in [0.15, 0.2) is 0 Å². The number of nitrogens with zero attached hydrogens (tertiary/aromatic N) is 1. The van der Waals surface area contributed by atoms with Crippen LogP contribution in [0.1, 0.15) is 44.2 Å². The molecule has 1 unspecified atom stereocenters. The van der Waals surface area contributed by atoms with Gasteiger partial charge in [0, 0.05) is 17.1 Å². The highest BCUT2D eigenvalue weighted by Gasteiger charge is 2.18. The van der Waals surface area contributed by atoms with Crippen molar-refractivity contribution >= 4 is 11.6 Å². The maximum Gasteiger partial charge on any atom is 0.0453 e. The van der Waals surface area contributed by atoms with Gasteiger partial charge >= 0.3 is 0 Å². The Balaban J connectivity index is 1.77. The van der Waals surface area contributed by atoms with Crippen LogP contribution in [0.2, 0.25) is 5.02 Å². The first-order valence-corrected chi connectivity index (χ1v) is 7.74. The van der Waals surface area contributed by atoms with Crippen molar-refractivity contribution in [3.8, 4) is 0 Å². The van der Waals surface area contributed by atoms with E-state index in [0.717, 1.165) is 17.6 Å². The van der Waals surface area contributed by atoms with Crippen molar-refractivity contribution < 1.29 is 0 Å². The van der Waals surface area contributed by atoms with E-state index in [0.29, 0.717) is 6.04 Å². The number of hydrogen-bond donors (Lipinski definition) is 1. The topological polar surface area (TPSA) is 15.3 Å². The number of halogens is 1. The summed E-state index contributed by atoms with van der Waals surface area (Å²) >= 11 is 6.22. The molecule has 0 radical (unpaired) electrons. The van der Waals surface area contributed by atoms with E-state index in [9.17, 15) is 0 Å². The van der Waals surface area contributed by atoms with Crippen LogP contribution in [0, 0.1) is 0 Å². The van der Waals surface area contributed by atoms with Gasteiger partial charge in [0.2, 0.25) is 0 Å². The molecule has 3 heteroatoms. The molecular weight excluding hydrogens is 256 g/mol. The predicted molar refractivity (Wildman–Crippen MR) is 82.8 cm³/mol. The second-order valence-corrected chi connectivity index (χ2v) is 6.02. The second-order valence-electron chi connectivity index (χ2n) is 5.62. The van der Waals surface area contributed by atoms with Crippen molar-refractivity contribution in [2.24, 2.45) is 0 Å². The molecule has 0 bridgehead atoms. The molecule has 1 heterocycles. The van der Waals surface area contributed by atoms with E-state index in [-0.39, 0.29) is 0 Å². The summed E-state index contributed by atoms with van der Waals surface area (Å²) < 4.78 is 0. The highest BCUT2D eigenvalue weighted by molar-refractivity contribution is 6.31. The Labute approximate surface area is 122 Å². The van der Waals surface area contributed by atoms with E-state index in [4.69, 9.17) is 11.6 Å². The summed E-state index contributed by atoms with van der Waals surface area (Å²) in [5.74, 6) is 0. The molecule has 0 amide bonds. The maximum atomic E-state index is 6.22. The monoisotopic (exact) mass is 280 g/mol. The van der Waals surface area contributed by atoms with Gasteiger partial charge in [-0.1, -0.05) is 36.2 Å². The van der Waals surface area contributed by atoms with E-state index >= 15 is 0 Å². The van der Waals surface area contributed by atoms with Gasteiger partial charge in [-0.15, -0.1) is 0 Å². The van der Waals surface area contributed by atoms with E-state index in [1.807, 2.05) is 18.2 Å².